The number of nitrogens with zero attached hydrogens (tertiary/aromatic N) is 1. The van der Waals surface area contributed by atoms with Gasteiger partial charge in [0, 0.05) is 11.7 Å². The number of hydrogen-bond donors (Lipinski definition) is 2. The third kappa shape index (κ3) is 5.36. The van der Waals surface area contributed by atoms with Gasteiger partial charge in [0.2, 0.25) is 11.8 Å². The van der Waals surface area contributed by atoms with Gasteiger partial charge in [0.1, 0.15) is 0 Å². The lowest BCUT2D eigenvalue weighted by Crippen LogP contribution is -2.48. The molecule has 1 aliphatic rings. The van der Waals surface area contributed by atoms with E-state index in [1.807, 2.05) is 38.1 Å². The van der Waals surface area contributed by atoms with Crippen LogP contribution in [-0.2, 0) is 9.59 Å². The second kappa shape index (κ2) is 8.11. The topological polar surface area (TPSA) is 61.4 Å². The summed E-state index contributed by atoms with van der Waals surface area (Å²) in [5.74, 6) is -0.112. The maximum Gasteiger partial charge on any atom is 0.238 e. The average Bonchev–Trinajstić information content (AvgIpc) is 3.01. The molecule has 0 spiro atoms. The monoisotopic (exact) mass is 317 g/mol. The van der Waals surface area contributed by atoms with E-state index in [9.17, 15) is 9.59 Å². The van der Waals surface area contributed by atoms with E-state index in [1.165, 1.54) is 12.8 Å². The van der Waals surface area contributed by atoms with Gasteiger partial charge in [-0.3, -0.25) is 14.5 Å². The van der Waals surface area contributed by atoms with Crippen LogP contribution in [0.3, 0.4) is 0 Å². The summed E-state index contributed by atoms with van der Waals surface area (Å²) >= 11 is 0. The number of nitrogens with one attached hydrogen (secondary N) is 2. The molecule has 0 heterocycles. The summed E-state index contributed by atoms with van der Waals surface area (Å²) in [4.78, 5) is 26.1. The van der Waals surface area contributed by atoms with E-state index >= 15 is 0 Å². The molecule has 5 heteroatoms. The van der Waals surface area contributed by atoms with Gasteiger partial charge in [-0.1, -0.05) is 30.5 Å². The number of aryl methyl sites for hydroxylation is 1. The Hall–Kier alpha value is -1.88. The molecule has 0 aromatic heterocycles. The molecule has 1 saturated carbocycles. The molecule has 126 valence electrons. The summed E-state index contributed by atoms with van der Waals surface area (Å²) < 4.78 is 0. The number of benzene rings is 1. The Balaban J connectivity index is 1.79. The van der Waals surface area contributed by atoms with E-state index in [4.69, 9.17) is 0 Å². The first-order chi connectivity index (χ1) is 11.0. The van der Waals surface area contributed by atoms with Crippen LogP contribution < -0.4 is 10.6 Å². The van der Waals surface area contributed by atoms with E-state index in [1.54, 1.807) is 11.9 Å². The number of rotatable bonds is 6. The van der Waals surface area contributed by atoms with E-state index in [2.05, 4.69) is 10.6 Å². The lowest BCUT2D eigenvalue weighted by Gasteiger charge is -2.25. The minimum Gasteiger partial charge on any atom is -0.352 e. The Morgan fingerprint density at radius 3 is 2.43 bits per heavy atom. The zero-order valence-electron chi connectivity index (χ0n) is 14.3. The van der Waals surface area contributed by atoms with Crippen molar-refractivity contribution < 1.29 is 9.59 Å². The molecule has 1 fully saturated rings. The number of amides is 2. The van der Waals surface area contributed by atoms with Gasteiger partial charge in [-0.15, -0.1) is 0 Å². The van der Waals surface area contributed by atoms with Gasteiger partial charge >= 0.3 is 0 Å². The summed E-state index contributed by atoms with van der Waals surface area (Å²) in [6.45, 7) is 4.03. The molecule has 0 bridgehead atoms. The predicted octanol–water partition coefficient (Wildman–Crippen LogP) is 2.31. The Morgan fingerprint density at radius 1 is 1.22 bits per heavy atom. The standard InChI is InChI=1S/C18H27N3O2/c1-13-8-10-16(11-9-13)19-17(22)12-21(3)14(2)18(23)20-15-6-4-5-7-15/h8-11,14-15H,4-7,12H2,1-3H3,(H,19,22)(H,20,23)/t14-/m0/s1. The molecular weight excluding hydrogens is 290 g/mol. The zero-order chi connectivity index (χ0) is 16.8. The first-order valence-electron chi connectivity index (χ1n) is 8.33. The molecule has 0 aliphatic heterocycles. The highest BCUT2D eigenvalue weighted by Gasteiger charge is 2.24. The molecule has 2 N–H and O–H groups in total. The van der Waals surface area contributed by atoms with Crippen LogP contribution in [0.2, 0.25) is 0 Å². The normalized spacial score (nSPS) is 16.3. The van der Waals surface area contributed by atoms with Crippen LogP contribution in [0.5, 0.6) is 0 Å². The molecule has 0 unspecified atom stereocenters. The van der Waals surface area contributed by atoms with Crippen LogP contribution in [0.25, 0.3) is 0 Å². The van der Waals surface area contributed by atoms with Crippen molar-refractivity contribution in [2.24, 2.45) is 0 Å². The van der Waals surface area contributed by atoms with Crippen LogP contribution in [-0.4, -0.2) is 42.4 Å². The second-order valence-corrected chi connectivity index (χ2v) is 6.50. The molecule has 5 nitrogen and oxygen atoms in total. The van der Waals surface area contributed by atoms with Gasteiger partial charge in [0.15, 0.2) is 0 Å². The first-order valence-corrected chi connectivity index (χ1v) is 8.33. The van der Waals surface area contributed by atoms with Gasteiger partial charge in [-0.25, -0.2) is 0 Å². The third-order valence-corrected chi connectivity index (χ3v) is 4.47. The van der Waals surface area contributed by atoms with Crippen LogP contribution in [0.1, 0.15) is 38.2 Å². The lowest BCUT2D eigenvalue weighted by molar-refractivity contribution is -0.127. The number of anilines is 1. The van der Waals surface area contributed by atoms with Gasteiger partial charge in [0.25, 0.3) is 0 Å². The summed E-state index contributed by atoms with van der Waals surface area (Å²) in [5.41, 5.74) is 1.93. The lowest BCUT2D eigenvalue weighted by atomic mass is 10.2. The van der Waals surface area contributed by atoms with Gasteiger partial charge < -0.3 is 10.6 Å². The molecule has 1 atom stereocenters. The largest absolute Gasteiger partial charge is 0.352 e. The fraction of sp³-hybridized carbons (Fsp3) is 0.556. The van der Waals surface area contributed by atoms with Crippen molar-refractivity contribution in [3.05, 3.63) is 29.8 Å². The maximum atomic E-state index is 12.2. The summed E-state index contributed by atoms with van der Waals surface area (Å²) in [6.07, 6.45) is 4.51. The SMILES string of the molecule is Cc1ccc(NC(=O)CN(C)[C@@H](C)C(=O)NC2CCCC2)cc1. The Labute approximate surface area is 138 Å². The van der Waals surface area contributed by atoms with Gasteiger partial charge in [0.05, 0.1) is 12.6 Å². The number of hydrogen-bond acceptors (Lipinski definition) is 3. The van der Waals surface area contributed by atoms with Crippen molar-refractivity contribution in [1.82, 2.24) is 10.2 Å². The van der Waals surface area contributed by atoms with E-state index < -0.39 is 0 Å². The molecule has 2 amide bonds. The molecule has 1 aliphatic carbocycles. The Bertz CT molecular complexity index is 536. The van der Waals surface area contributed by atoms with Crippen molar-refractivity contribution in [1.29, 1.82) is 0 Å². The van der Waals surface area contributed by atoms with Crippen LogP contribution in [0, 0.1) is 6.92 Å². The van der Waals surface area contributed by atoms with E-state index in [0.29, 0.717) is 6.04 Å². The number of carbonyl (C=O) groups excluding carboxylic acids is 2. The molecule has 23 heavy (non-hydrogen) atoms. The number of carbonyl (C=O) groups is 2. The highest BCUT2D eigenvalue weighted by atomic mass is 16.2. The summed E-state index contributed by atoms with van der Waals surface area (Å²) in [6, 6.07) is 7.65. The Kier molecular flexibility index (Phi) is 6.16. The second-order valence-electron chi connectivity index (χ2n) is 6.50. The van der Waals surface area contributed by atoms with Crippen molar-refractivity contribution in [3.8, 4) is 0 Å². The smallest absolute Gasteiger partial charge is 0.238 e. The van der Waals surface area contributed by atoms with Crippen molar-refractivity contribution in [2.45, 2.75) is 51.6 Å². The quantitative estimate of drug-likeness (QED) is 0.846. The summed E-state index contributed by atoms with van der Waals surface area (Å²) in [7, 11) is 1.80. The fourth-order valence-electron chi connectivity index (χ4n) is 2.79. The maximum absolute atomic E-state index is 12.2. The molecule has 0 saturated heterocycles. The molecule has 1 aromatic rings. The summed E-state index contributed by atoms with van der Waals surface area (Å²) in [5, 5.41) is 5.93. The molecule has 0 radical (unpaired) electrons. The van der Waals surface area contributed by atoms with Crippen LogP contribution in [0.15, 0.2) is 24.3 Å². The third-order valence-electron chi connectivity index (χ3n) is 4.47. The van der Waals surface area contributed by atoms with Gasteiger partial charge in [-0.2, -0.15) is 0 Å². The molecule has 1 aromatic carbocycles. The molecule has 2 rings (SSSR count). The Morgan fingerprint density at radius 2 is 1.83 bits per heavy atom. The minimum atomic E-state index is -0.320. The average molecular weight is 317 g/mol. The highest BCUT2D eigenvalue weighted by Crippen LogP contribution is 2.17. The van der Waals surface area contributed by atoms with Crippen LogP contribution >= 0.6 is 0 Å². The first kappa shape index (κ1) is 17.5. The zero-order valence-corrected chi connectivity index (χ0v) is 14.3. The van der Waals surface area contributed by atoms with E-state index in [0.717, 1.165) is 24.1 Å². The van der Waals surface area contributed by atoms with Crippen LogP contribution in [0.4, 0.5) is 5.69 Å². The number of likely N-dealkylation sites (N-methyl/N-ethyl adjacent to an activating group) is 1. The van der Waals surface area contributed by atoms with E-state index in [-0.39, 0.29) is 24.4 Å². The molecular formula is C18H27N3O2. The highest BCUT2D eigenvalue weighted by molar-refractivity contribution is 5.92. The van der Waals surface area contributed by atoms with Gasteiger partial charge in [-0.05, 0) is 45.9 Å². The predicted molar refractivity (Wildman–Crippen MR) is 92.3 cm³/mol. The van der Waals surface area contributed by atoms with Crippen molar-refractivity contribution >= 4 is 17.5 Å². The van der Waals surface area contributed by atoms with Crippen molar-refractivity contribution in [3.63, 3.8) is 0 Å². The van der Waals surface area contributed by atoms with Crippen molar-refractivity contribution in [2.75, 3.05) is 18.9 Å². The minimum absolute atomic E-state index is 0.00235. The fourth-order valence-corrected chi connectivity index (χ4v) is 2.79.